The minimum atomic E-state index is 0.500. The van der Waals surface area contributed by atoms with Crippen LogP contribution >= 0.6 is 0 Å². The average Bonchev–Trinajstić information content (AvgIpc) is 2.72. The highest BCUT2D eigenvalue weighted by Crippen LogP contribution is 2.44. The quantitative estimate of drug-likeness (QED) is 0.312. The van der Waals surface area contributed by atoms with Crippen LogP contribution in [0.5, 0.6) is 0 Å². The summed E-state index contributed by atoms with van der Waals surface area (Å²) in [4.78, 5) is 4.79. The van der Waals surface area contributed by atoms with Gasteiger partial charge in [0.2, 0.25) is 0 Å². The molecule has 1 heterocycles. The summed E-state index contributed by atoms with van der Waals surface area (Å²) in [6, 6.07) is 20.5. The third-order valence-electron chi connectivity index (χ3n) is 7.11. The third-order valence-corrected chi connectivity index (χ3v) is 7.11. The summed E-state index contributed by atoms with van der Waals surface area (Å²) >= 11 is 0. The summed E-state index contributed by atoms with van der Waals surface area (Å²) in [6.45, 7) is 9.16. The summed E-state index contributed by atoms with van der Waals surface area (Å²) in [5.41, 5.74) is 6.91. The lowest BCUT2D eigenvalue weighted by molar-refractivity contribution is 0.225. The van der Waals surface area contributed by atoms with E-state index in [1.165, 1.54) is 69.5 Å². The molecule has 1 aliphatic rings. The minimum Gasteiger partial charge on any atom is -0.256 e. The Hall–Kier alpha value is -2.67. The van der Waals surface area contributed by atoms with Crippen LogP contribution in [0, 0.1) is 19.3 Å². The van der Waals surface area contributed by atoms with Gasteiger partial charge < -0.3 is 0 Å². The maximum Gasteiger partial charge on any atom is 0.0780 e. The van der Waals surface area contributed by atoms with E-state index in [1.807, 2.05) is 6.20 Å². The molecule has 1 nitrogen and oxygen atoms in total. The molecule has 0 N–H and O–H groups in total. The molecule has 0 aliphatic heterocycles. The van der Waals surface area contributed by atoms with Crippen LogP contribution in [0.15, 0.2) is 60.8 Å². The van der Waals surface area contributed by atoms with Gasteiger partial charge >= 0.3 is 0 Å². The van der Waals surface area contributed by atoms with E-state index >= 15 is 0 Å². The van der Waals surface area contributed by atoms with Crippen LogP contribution in [0.25, 0.3) is 32.8 Å². The van der Waals surface area contributed by atoms with E-state index in [1.54, 1.807) is 0 Å². The summed E-state index contributed by atoms with van der Waals surface area (Å²) in [6.07, 6.45) is 7.22. The van der Waals surface area contributed by atoms with Gasteiger partial charge in [-0.1, -0.05) is 61.4 Å². The van der Waals surface area contributed by atoms with Crippen LogP contribution in [0.3, 0.4) is 0 Å². The molecule has 152 valence electrons. The van der Waals surface area contributed by atoms with E-state index in [4.69, 9.17) is 4.98 Å². The molecule has 30 heavy (non-hydrogen) atoms. The second-order valence-electron chi connectivity index (χ2n) is 10.1. The Labute approximate surface area is 180 Å². The number of aromatic nitrogens is 1. The lowest BCUT2D eigenvalue weighted by Gasteiger charge is -2.35. The zero-order chi connectivity index (χ0) is 20.9. The first-order valence-corrected chi connectivity index (χ1v) is 11.3. The van der Waals surface area contributed by atoms with Crippen molar-refractivity contribution in [3.63, 3.8) is 0 Å². The first-order chi connectivity index (χ1) is 14.4. The third kappa shape index (κ3) is 3.41. The number of pyridine rings is 1. The Morgan fingerprint density at radius 1 is 0.767 bits per heavy atom. The number of hydrogen-bond donors (Lipinski definition) is 0. The van der Waals surface area contributed by atoms with Gasteiger partial charge in [0.05, 0.1) is 5.69 Å². The van der Waals surface area contributed by atoms with Crippen molar-refractivity contribution in [1.29, 1.82) is 0 Å². The van der Waals surface area contributed by atoms with Crippen molar-refractivity contribution in [3.05, 3.63) is 77.5 Å². The number of nitrogens with zero attached hydrogens (tertiary/aromatic N) is 1. The van der Waals surface area contributed by atoms with Gasteiger partial charge in [-0.25, -0.2) is 0 Å². The minimum absolute atomic E-state index is 0.500. The van der Waals surface area contributed by atoms with Crippen LogP contribution < -0.4 is 0 Å². The number of aryl methyl sites for hydroxylation is 2. The Balaban J connectivity index is 1.66. The lowest BCUT2D eigenvalue weighted by Crippen LogP contribution is -2.20. The highest BCUT2D eigenvalue weighted by Gasteiger charge is 2.28. The zero-order valence-electron chi connectivity index (χ0n) is 18.6. The monoisotopic (exact) mass is 393 g/mol. The predicted octanol–water partition coefficient (Wildman–Crippen LogP) is 8.36. The molecule has 0 amide bonds. The van der Waals surface area contributed by atoms with Crippen LogP contribution in [0.1, 0.15) is 62.1 Å². The fraction of sp³-hybridized carbons (Fsp3) is 0.345. The maximum absolute atomic E-state index is 4.79. The van der Waals surface area contributed by atoms with Gasteiger partial charge in [-0.2, -0.15) is 0 Å². The van der Waals surface area contributed by atoms with E-state index in [2.05, 4.69) is 82.3 Å². The molecular weight excluding hydrogens is 362 g/mol. The van der Waals surface area contributed by atoms with E-state index in [-0.39, 0.29) is 0 Å². The standard InChI is InChI=1S/C29H31N/c1-19-16-20(2)18-22(17-19)28-27-9-8-25-23(21-10-13-29(3,4)14-11-21)6-5-7-24(25)26(27)12-15-30-28/h5-9,12,15-18,21H,10-11,13-14H2,1-4H3. The van der Waals surface area contributed by atoms with Crippen molar-refractivity contribution < 1.29 is 0 Å². The normalized spacial score (nSPS) is 16.9. The number of benzene rings is 3. The van der Waals surface area contributed by atoms with Gasteiger partial charge in [-0.15, -0.1) is 0 Å². The average molecular weight is 394 g/mol. The maximum atomic E-state index is 4.79. The van der Waals surface area contributed by atoms with Crippen LogP contribution in [-0.2, 0) is 0 Å². The lowest BCUT2D eigenvalue weighted by atomic mass is 9.70. The second kappa shape index (κ2) is 7.23. The Morgan fingerprint density at radius 2 is 1.43 bits per heavy atom. The molecule has 1 fully saturated rings. The Kier molecular flexibility index (Phi) is 4.65. The van der Waals surface area contributed by atoms with Gasteiger partial charge in [-0.3, -0.25) is 4.98 Å². The highest BCUT2D eigenvalue weighted by atomic mass is 14.7. The summed E-state index contributed by atoms with van der Waals surface area (Å²) in [7, 11) is 0. The van der Waals surface area contributed by atoms with Crippen molar-refractivity contribution in [1.82, 2.24) is 4.98 Å². The highest BCUT2D eigenvalue weighted by molar-refractivity contribution is 6.12. The molecule has 0 radical (unpaired) electrons. The molecule has 5 rings (SSSR count). The van der Waals surface area contributed by atoms with Gasteiger partial charge in [0.25, 0.3) is 0 Å². The Bertz CT molecular complexity index is 1220. The molecule has 0 bridgehead atoms. The Morgan fingerprint density at radius 3 is 2.17 bits per heavy atom. The molecule has 0 spiro atoms. The smallest absolute Gasteiger partial charge is 0.0780 e. The largest absolute Gasteiger partial charge is 0.256 e. The predicted molar refractivity (Wildman–Crippen MR) is 129 cm³/mol. The molecule has 0 atom stereocenters. The van der Waals surface area contributed by atoms with Crippen molar-refractivity contribution in [2.24, 2.45) is 5.41 Å². The second-order valence-corrected chi connectivity index (χ2v) is 10.1. The van der Waals surface area contributed by atoms with E-state index < -0.39 is 0 Å². The molecular formula is C29H31N. The van der Waals surface area contributed by atoms with Crippen molar-refractivity contribution in [2.45, 2.75) is 59.3 Å². The van der Waals surface area contributed by atoms with Gasteiger partial charge in [0, 0.05) is 17.1 Å². The van der Waals surface area contributed by atoms with Crippen molar-refractivity contribution in [3.8, 4) is 11.3 Å². The summed E-state index contributed by atoms with van der Waals surface area (Å²) in [5, 5.41) is 5.35. The molecule has 1 heteroatoms. The topological polar surface area (TPSA) is 12.9 Å². The fourth-order valence-corrected chi connectivity index (χ4v) is 5.46. The zero-order valence-corrected chi connectivity index (χ0v) is 18.6. The first-order valence-electron chi connectivity index (χ1n) is 11.3. The molecule has 4 aromatic rings. The molecule has 0 saturated heterocycles. The van der Waals surface area contributed by atoms with E-state index in [0.29, 0.717) is 11.3 Å². The summed E-state index contributed by atoms with van der Waals surface area (Å²) in [5.74, 6) is 0.680. The first kappa shape index (κ1) is 19.3. The van der Waals surface area contributed by atoms with Crippen LogP contribution in [0.2, 0.25) is 0 Å². The molecule has 1 aliphatic carbocycles. The van der Waals surface area contributed by atoms with E-state index in [0.717, 1.165) is 5.69 Å². The molecule has 0 unspecified atom stereocenters. The molecule has 3 aromatic carbocycles. The number of rotatable bonds is 2. The van der Waals surface area contributed by atoms with Crippen molar-refractivity contribution in [2.75, 3.05) is 0 Å². The SMILES string of the molecule is Cc1cc(C)cc(-c2nccc3c2ccc2c(C4CCC(C)(C)CC4)cccc23)c1. The molecule has 1 saturated carbocycles. The van der Waals surface area contributed by atoms with E-state index in [9.17, 15) is 0 Å². The van der Waals surface area contributed by atoms with Crippen LogP contribution in [0.4, 0.5) is 0 Å². The van der Waals surface area contributed by atoms with Gasteiger partial charge in [-0.05, 0) is 90.8 Å². The van der Waals surface area contributed by atoms with Gasteiger partial charge in [0.15, 0.2) is 0 Å². The fourth-order valence-electron chi connectivity index (χ4n) is 5.46. The van der Waals surface area contributed by atoms with Crippen LogP contribution in [-0.4, -0.2) is 4.98 Å². The van der Waals surface area contributed by atoms with Crippen molar-refractivity contribution >= 4 is 21.5 Å². The molecule has 1 aromatic heterocycles. The number of hydrogen-bond acceptors (Lipinski definition) is 1. The van der Waals surface area contributed by atoms with Gasteiger partial charge in [0.1, 0.15) is 0 Å². The summed E-state index contributed by atoms with van der Waals surface area (Å²) < 4.78 is 0. The number of fused-ring (bicyclic) bond motifs is 3.